The fourth-order valence-corrected chi connectivity index (χ4v) is 7.92. The highest BCUT2D eigenvalue weighted by Crippen LogP contribution is 2.57. The minimum Gasteiger partial charge on any atom is -0.459 e. The van der Waals surface area contributed by atoms with Crippen molar-refractivity contribution in [1.29, 1.82) is 0 Å². The van der Waals surface area contributed by atoms with Crippen molar-refractivity contribution < 1.29 is 57.9 Å². The number of aliphatic hydroxyl groups is 2. The first-order valence-electron chi connectivity index (χ1n) is 18.3. The van der Waals surface area contributed by atoms with Crippen LogP contribution in [-0.4, -0.2) is 81.3 Å². The van der Waals surface area contributed by atoms with Crippen LogP contribution < -0.4 is 0 Å². The lowest BCUT2D eigenvalue weighted by atomic mass is 9.75. The van der Waals surface area contributed by atoms with Gasteiger partial charge < -0.3 is 33.9 Å². The van der Waals surface area contributed by atoms with E-state index in [1.165, 1.54) is 13.8 Å². The summed E-state index contributed by atoms with van der Waals surface area (Å²) in [6, 6.07) is 8.88. The van der Waals surface area contributed by atoms with Gasteiger partial charge in [0.1, 0.15) is 11.7 Å². The first-order valence-corrected chi connectivity index (χ1v) is 18.3. The SMILES string of the molecule is C/C=C(/C)C(=O)O[C@@H]1C(C)=C2[C@H]3OC(=O)[C@](C)(O)[C@]3(O)[C@H](OC(=O)[C@H](CC)c3ccccc3)C[C@@](C)(OC(C)=O)[C@@H]2[C@H]1OC(=O)CCCCCCC. The maximum atomic E-state index is 14.0. The van der Waals surface area contributed by atoms with Crippen molar-refractivity contribution >= 4 is 29.8 Å². The third-order valence-electron chi connectivity index (χ3n) is 10.9. The Balaban J connectivity index is 1.88. The molecule has 0 amide bonds. The summed E-state index contributed by atoms with van der Waals surface area (Å²) in [5, 5.41) is 24.5. The monoisotopic (exact) mass is 726 g/mol. The molecule has 9 atom stereocenters. The zero-order chi connectivity index (χ0) is 38.6. The molecule has 12 heteroatoms. The number of hydrogen-bond donors (Lipinski definition) is 2. The summed E-state index contributed by atoms with van der Waals surface area (Å²) >= 11 is 0. The molecule has 0 radical (unpaired) electrons. The normalized spacial score (nSPS) is 31.8. The Labute approximate surface area is 305 Å². The van der Waals surface area contributed by atoms with Gasteiger partial charge in [0.2, 0.25) is 0 Å². The smallest absolute Gasteiger partial charge is 0.341 e. The van der Waals surface area contributed by atoms with E-state index in [1.807, 2.05) is 0 Å². The van der Waals surface area contributed by atoms with Crippen molar-refractivity contribution in [3.05, 3.63) is 58.7 Å². The van der Waals surface area contributed by atoms with Crippen LogP contribution in [0.5, 0.6) is 0 Å². The van der Waals surface area contributed by atoms with Gasteiger partial charge in [-0.05, 0) is 64.2 Å². The molecule has 4 rings (SSSR count). The molecule has 0 bridgehead atoms. The van der Waals surface area contributed by atoms with E-state index in [1.54, 1.807) is 64.1 Å². The highest BCUT2D eigenvalue weighted by molar-refractivity contribution is 5.88. The van der Waals surface area contributed by atoms with E-state index >= 15 is 0 Å². The van der Waals surface area contributed by atoms with Gasteiger partial charge in [0.15, 0.2) is 29.5 Å². The van der Waals surface area contributed by atoms with E-state index < -0.39 is 89.3 Å². The second-order valence-corrected chi connectivity index (χ2v) is 14.6. The summed E-state index contributed by atoms with van der Waals surface area (Å²) < 4.78 is 30.0. The maximum Gasteiger partial charge on any atom is 0.341 e. The second kappa shape index (κ2) is 16.3. The van der Waals surface area contributed by atoms with E-state index in [0.29, 0.717) is 18.4 Å². The predicted octanol–water partition coefficient (Wildman–Crippen LogP) is 5.32. The maximum absolute atomic E-state index is 14.0. The van der Waals surface area contributed by atoms with Gasteiger partial charge in [0.25, 0.3) is 0 Å². The Morgan fingerprint density at radius 1 is 0.981 bits per heavy atom. The van der Waals surface area contributed by atoms with Crippen LogP contribution in [0.2, 0.25) is 0 Å². The lowest BCUT2D eigenvalue weighted by molar-refractivity contribution is -0.213. The number of unbranched alkanes of at least 4 members (excludes halogenated alkanes) is 4. The first kappa shape index (κ1) is 40.7. The molecule has 52 heavy (non-hydrogen) atoms. The third kappa shape index (κ3) is 7.69. The number of esters is 5. The standard InChI is InChI=1S/C40H54O12/c1-9-12-13-14-18-21-29(42)49-33-31-30(24(5)32(33)50-35(43)23(4)10-2)34-40(47,39(8,46)37(45)51-34)28(22-38(31,7)52-25(6)41)48-36(44)27(11-3)26-19-16-15-17-20-26/h10,15-17,19-20,27-28,31-34,46-47H,9,11-14,18,21-22H2,1-8H3/b23-10-/t27-,28-,31+,32-,33-,34-,38-,39+,40+/m1/s1. The molecular formula is C40H54O12. The average Bonchev–Trinajstić information content (AvgIpc) is 3.42. The molecule has 2 aliphatic carbocycles. The number of carbonyl (C=O) groups is 5. The van der Waals surface area contributed by atoms with Crippen LogP contribution in [0.1, 0.15) is 118 Å². The summed E-state index contributed by atoms with van der Waals surface area (Å²) in [5.74, 6) is -5.92. The van der Waals surface area contributed by atoms with E-state index in [-0.39, 0.29) is 23.1 Å². The Hall–Kier alpha value is -4.03. The number of carbonyl (C=O) groups excluding carboxylic acids is 5. The molecule has 1 heterocycles. The molecule has 2 fully saturated rings. The molecule has 1 aromatic carbocycles. The van der Waals surface area contributed by atoms with Crippen LogP contribution in [0.25, 0.3) is 0 Å². The van der Waals surface area contributed by atoms with E-state index in [4.69, 9.17) is 23.7 Å². The zero-order valence-corrected chi connectivity index (χ0v) is 31.6. The number of rotatable bonds is 14. The zero-order valence-electron chi connectivity index (χ0n) is 31.6. The van der Waals surface area contributed by atoms with Crippen molar-refractivity contribution in [2.45, 2.75) is 154 Å². The van der Waals surface area contributed by atoms with Crippen molar-refractivity contribution in [1.82, 2.24) is 0 Å². The van der Waals surface area contributed by atoms with Crippen molar-refractivity contribution in [2.24, 2.45) is 5.92 Å². The Kier molecular flexibility index (Phi) is 12.8. The van der Waals surface area contributed by atoms with E-state index in [0.717, 1.165) is 32.6 Å². The van der Waals surface area contributed by atoms with Gasteiger partial charge in [-0.15, -0.1) is 0 Å². The largest absolute Gasteiger partial charge is 0.459 e. The second-order valence-electron chi connectivity index (χ2n) is 14.6. The van der Waals surface area contributed by atoms with Gasteiger partial charge in [0.05, 0.1) is 11.8 Å². The van der Waals surface area contributed by atoms with Gasteiger partial charge in [-0.1, -0.05) is 75.9 Å². The third-order valence-corrected chi connectivity index (χ3v) is 10.9. The molecule has 3 aliphatic rings. The van der Waals surface area contributed by atoms with Gasteiger partial charge in [-0.2, -0.15) is 0 Å². The molecule has 1 saturated carbocycles. The molecule has 12 nitrogen and oxygen atoms in total. The highest BCUT2D eigenvalue weighted by Gasteiger charge is 2.76. The predicted molar refractivity (Wildman–Crippen MR) is 188 cm³/mol. The molecule has 0 unspecified atom stereocenters. The Bertz CT molecular complexity index is 1580. The Morgan fingerprint density at radius 3 is 2.23 bits per heavy atom. The fraction of sp³-hybridized carbons (Fsp3) is 0.625. The van der Waals surface area contributed by atoms with Crippen LogP contribution in [-0.2, 0) is 47.7 Å². The summed E-state index contributed by atoms with van der Waals surface area (Å²) in [6.45, 7) is 12.5. The highest BCUT2D eigenvalue weighted by atomic mass is 16.6. The van der Waals surface area contributed by atoms with E-state index in [9.17, 15) is 34.2 Å². The van der Waals surface area contributed by atoms with Crippen molar-refractivity contribution in [3.63, 3.8) is 0 Å². The number of allylic oxidation sites excluding steroid dienone is 1. The first-order chi connectivity index (χ1) is 24.5. The van der Waals surface area contributed by atoms with Gasteiger partial charge >= 0.3 is 29.8 Å². The van der Waals surface area contributed by atoms with Crippen LogP contribution in [0.15, 0.2) is 53.1 Å². The lowest BCUT2D eigenvalue weighted by Gasteiger charge is -2.42. The topological polar surface area (TPSA) is 172 Å². The van der Waals surface area contributed by atoms with Crippen LogP contribution in [0, 0.1) is 5.92 Å². The summed E-state index contributed by atoms with van der Waals surface area (Å²) in [7, 11) is 0. The van der Waals surface area contributed by atoms with Gasteiger partial charge in [0, 0.05) is 25.3 Å². The summed E-state index contributed by atoms with van der Waals surface area (Å²) in [5.41, 5.74) is -5.67. The average molecular weight is 727 g/mol. The Morgan fingerprint density at radius 2 is 1.63 bits per heavy atom. The van der Waals surface area contributed by atoms with Crippen LogP contribution >= 0.6 is 0 Å². The fourth-order valence-electron chi connectivity index (χ4n) is 7.92. The van der Waals surface area contributed by atoms with Crippen LogP contribution in [0.4, 0.5) is 0 Å². The number of ether oxygens (including phenoxy) is 5. The van der Waals surface area contributed by atoms with Crippen LogP contribution in [0.3, 0.4) is 0 Å². The minimum absolute atomic E-state index is 0.0648. The van der Waals surface area contributed by atoms with Gasteiger partial charge in [-0.3, -0.25) is 14.4 Å². The van der Waals surface area contributed by atoms with Crippen molar-refractivity contribution in [3.8, 4) is 0 Å². The molecule has 1 saturated heterocycles. The molecule has 2 N–H and O–H groups in total. The lowest BCUT2D eigenvalue weighted by Crippen LogP contribution is -2.64. The molecule has 1 aromatic rings. The molecule has 1 aliphatic heterocycles. The molecular weight excluding hydrogens is 672 g/mol. The number of hydrogen-bond acceptors (Lipinski definition) is 12. The summed E-state index contributed by atoms with van der Waals surface area (Å²) in [6.07, 6.45) is -0.0733. The van der Waals surface area contributed by atoms with Gasteiger partial charge in [-0.25, -0.2) is 9.59 Å². The number of fused-ring (bicyclic) bond motifs is 3. The quantitative estimate of drug-likeness (QED) is 0.0832. The molecule has 286 valence electrons. The number of benzene rings is 1. The molecule has 0 spiro atoms. The van der Waals surface area contributed by atoms with E-state index in [2.05, 4.69) is 6.92 Å². The minimum atomic E-state index is -2.63. The summed E-state index contributed by atoms with van der Waals surface area (Å²) in [4.78, 5) is 67.0. The molecule has 0 aromatic heterocycles. The van der Waals surface area contributed by atoms with Crippen molar-refractivity contribution in [2.75, 3.05) is 0 Å².